The molecular formula is C18H29IN4O3S. The molecule has 2 aliphatic rings. The summed E-state index contributed by atoms with van der Waals surface area (Å²) in [6.45, 7) is 2.97. The molecule has 7 nitrogen and oxygen atoms in total. The predicted molar refractivity (Wildman–Crippen MR) is 118 cm³/mol. The van der Waals surface area contributed by atoms with Crippen LogP contribution in [0, 0.1) is 0 Å². The molecular weight excluding hydrogens is 479 g/mol. The van der Waals surface area contributed by atoms with Gasteiger partial charge >= 0.3 is 0 Å². The van der Waals surface area contributed by atoms with Gasteiger partial charge in [0.2, 0.25) is 5.91 Å². The third kappa shape index (κ3) is 6.58. The standard InChI is InChI=1S/C18H28N4O3S.HI/c1-22(2)16(23)12-20-17(19-11-15-4-3-9-26-15)21-14-5-7-25-18(10-14)6-8-24-13-18;/h3-4,9,14H,5-8,10-13H2,1-2H3,(H2,19,20,21);1H. The van der Waals surface area contributed by atoms with E-state index < -0.39 is 0 Å². The molecule has 3 rings (SSSR count). The summed E-state index contributed by atoms with van der Waals surface area (Å²) < 4.78 is 11.5. The largest absolute Gasteiger partial charge is 0.378 e. The molecule has 27 heavy (non-hydrogen) atoms. The fourth-order valence-corrected chi connectivity index (χ4v) is 3.88. The van der Waals surface area contributed by atoms with Crippen LogP contribution in [0.2, 0.25) is 0 Å². The zero-order chi connectivity index (χ0) is 18.4. The second-order valence-corrected chi connectivity index (χ2v) is 8.09. The number of nitrogens with one attached hydrogen (secondary N) is 2. The van der Waals surface area contributed by atoms with Crippen LogP contribution in [-0.2, 0) is 20.8 Å². The van der Waals surface area contributed by atoms with E-state index in [0.29, 0.717) is 19.1 Å². The lowest BCUT2D eigenvalue weighted by atomic mass is 9.90. The number of halogens is 1. The van der Waals surface area contributed by atoms with Gasteiger partial charge in [0.15, 0.2) is 5.96 Å². The van der Waals surface area contributed by atoms with Gasteiger partial charge in [-0.25, -0.2) is 4.99 Å². The Bertz CT molecular complexity index is 618. The summed E-state index contributed by atoms with van der Waals surface area (Å²) in [6.07, 6.45) is 2.76. The second kappa shape index (κ2) is 10.6. The molecule has 2 unspecified atom stereocenters. The minimum Gasteiger partial charge on any atom is -0.378 e. The topological polar surface area (TPSA) is 75.2 Å². The summed E-state index contributed by atoms with van der Waals surface area (Å²) in [5, 5.41) is 8.91. The number of carbonyl (C=O) groups excluding carboxylic acids is 1. The molecule has 2 aliphatic heterocycles. The van der Waals surface area contributed by atoms with E-state index in [9.17, 15) is 4.79 Å². The van der Waals surface area contributed by atoms with Crippen molar-refractivity contribution in [2.45, 2.75) is 37.5 Å². The van der Waals surface area contributed by atoms with Crippen LogP contribution < -0.4 is 10.6 Å². The number of aliphatic imine (C=N–C) groups is 1. The first-order valence-corrected chi connectivity index (χ1v) is 9.93. The van der Waals surface area contributed by atoms with Crippen molar-refractivity contribution in [3.05, 3.63) is 22.4 Å². The molecule has 1 aromatic heterocycles. The van der Waals surface area contributed by atoms with E-state index in [1.807, 2.05) is 6.07 Å². The van der Waals surface area contributed by atoms with Gasteiger partial charge in [-0.3, -0.25) is 4.79 Å². The van der Waals surface area contributed by atoms with E-state index in [2.05, 4.69) is 27.1 Å². The minimum absolute atomic E-state index is 0. The Hall–Kier alpha value is -0.910. The van der Waals surface area contributed by atoms with E-state index in [1.165, 1.54) is 4.88 Å². The van der Waals surface area contributed by atoms with E-state index in [0.717, 1.165) is 32.5 Å². The molecule has 0 saturated carbocycles. The Kier molecular flexibility index (Phi) is 8.77. The van der Waals surface area contributed by atoms with Crippen molar-refractivity contribution >= 4 is 47.2 Å². The molecule has 1 amide bonds. The van der Waals surface area contributed by atoms with E-state index in [1.54, 1.807) is 30.3 Å². The van der Waals surface area contributed by atoms with Crippen LogP contribution in [0.4, 0.5) is 0 Å². The molecule has 2 saturated heterocycles. The fraction of sp³-hybridized carbons (Fsp3) is 0.667. The van der Waals surface area contributed by atoms with Crippen molar-refractivity contribution in [2.24, 2.45) is 4.99 Å². The number of rotatable bonds is 5. The molecule has 9 heteroatoms. The molecule has 0 radical (unpaired) electrons. The van der Waals surface area contributed by atoms with Crippen molar-refractivity contribution in [3.63, 3.8) is 0 Å². The monoisotopic (exact) mass is 508 g/mol. The number of hydrogen-bond donors (Lipinski definition) is 2. The van der Waals surface area contributed by atoms with Gasteiger partial charge in [-0.05, 0) is 24.3 Å². The zero-order valence-corrected chi connectivity index (χ0v) is 19.0. The molecule has 1 spiro atoms. The molecule has 152 valence electrons. The SMILES string of the molecule is CN(C)C(=O)CN=C(NCc1cccs1)NC1CCOC2(CCOC2)C1.I. The lowest BCUT2D eigenvalue weighted by Gasteiger charge is -2.37. The third-order valence-corrected chi connectivity index (χ3v) is 5.66. The number of carbonyl (C=O) groups is 1. The minimum atomic E-state index is -0.158. The maximum Gasteiger partial charge on any atom is 0.243 e. The molecule has 0 bridgehead atoms. The van der Waals surface area contributed by atoms with Crippen molar-refractivity contribution < 1.29 is 14.3 Å². The number of likely N-dealkylation sites (N-methyl/N-ethyl adjacent to an activating group) is 1. The average Bonchev–Trinajstić information content (AvgIpc) is 3.29. The molecule has 0 aliphatic carbocycles. The van der Waals surface area contributed by atoms with E-state index in [4.69, 9.17) is 9.47 Å². The molecule has 2 atom stereocenters. The van der Waals surface area contributed by atoms with Gasteiger partial charge in [-0.2, -0.15) is 0 Å². The quantitative estimate of drug-likeness (QED) is 0.361. The van der Waals surface area contributed by atoms with Gasteiger partial charge in [0.1, 0.15) is 6.54 Å². The van der Waals surface area contributed by atoms with Crippen LogP contribution in [0.3, 0.4) is 0 Å². The van der Waals surface area contributed by atoms with Crippen LogP contribution in [0.5, 0.6) is 0 Å². The van der Waals surface area contributed by atoms with Gasteiger partial charge in [-0.1, -0.05) is 6.07 Å². The molecule has 1 aromatic rings. The smallest absolute Gasteiger partial charge is 0.243 e. The summed E-state index contributed by atoms with van der Waals surface area (Å²) >= 11 is 1.70. The summed E-state index contributed by atoms with van der Waals surface area (Å²) in [6, 6.07) is 4.37. The second-order valence-electron chi connectivity index (χ2n) is 7.05. The number of amides is 1. The van der Waals surface area contributed by atoms with Gasteiger partial charge < -0.3 is 25.0 Å². The first-order chi connectivity index (χ1) is 12.6. The molecule has 3 heterocycles. The van der Waals surface area contributed by atoms with Crippen LogP contribution in [0.15, 0.2) is 22.5 Å². The first-order valence-electron chi connectivity index (χ1n) is 9.05. The maximum absolute atomic E-state index is 11.9. The normalized spacial score (nSPS) is 25.1. The number of guanidine groups is 1. The van der Waals surface area contributed by atoms with Crippen LogP contribution in [0.25, 0.3) is 0 Å². The summed E-state index contributed by atoms with van der Waals surface area (Å²) in [4.78, 5) is 19.2. The highest BCUT2D eigenvalue weighted by Gasteiger charge is 2.41. The van der Waals surface area contributed by atoms with E-state index >= 15 is 0 Å². The van der Waals surface area contributed by atoms with Gasteiger partial charge in [0, 0.05) is 44.6 Å². The predicted octanol–water partition coefficient (Wildman–Crippen LogP) is 1.83. The molecule has 0 aromatic carbocycles. The number of nitrogens with zero attached hydrogens (tertiary/aromatic N) is 2. The summed E-state index contributed by atoms with van der Waals surface area (Å²) in [5.74, 6) is 0.657. The van der Waals surface area contributed by atoms with Crippen LogP contribution in [-0.4, -0.2) is 68.9 Å². The summed E-state index contributed by atoms with van der Waals surface area (Å²) in [5.41, 5.74) is -0.158. The number of hydrogen-bond acceptors (Lipinski definition) is 5. The van der Waals surface area contributed by atoms with Crippen molar-refractivity contribution in [2.75, 3.05) is 40.5 Å². The van der Waals surface area contributed by atoms with Crippen molar-refractivity contribution in [1.82, 2.24) is 15.5 Å². The average molecular weight is 508 g/mol. The zero-order valence-electron chi connectivity index (χ0n) is 15.9. The number of ether oxygens (including phenoxy) is 2. The van der Waals surface area contributed by atoms with Gasteiger partial charge in [0.25, 0.3) is 0 Å². The Balaban J connectivity index is 0.00000261. The Labute approximate surface area is 181 Å². The highest BCUT2D eigenvalue weighted by molar-refractivity contribution is 14.0. The maximum atomic E-state index is 11.9. The molecule has 2 N–H and O–H groups in total. The van der Waals surface area contributed by atoms with E-state index in [-0.39, 0.29) is 48.1 Å². The Morgan fingerprint density at radius 1 is 1.44 bits per heavy atom. The van der Waals surface area contributed by atoms with Gasteiger partial charge in [0.05, 0.1) is 18.8 Å². The molecule has 2 fully saturated rings. The van der Waals surface area contributed by atoms with Crippen LogP contribution >= 0.6 is 35.3 Å². The van der Waals surface area contributed by atoms with Crippen molar-refractivity contribution in [3.8, 4) is 0 Å². The van der Waals surface area contributed by atoms with Gasteiger partial charge in [-0.15, -0.1) is 35.3 Å². The third-order valence-electron chi connectivity index (χ3n) is 4.78. The van der Waals surface area contributed by atoms with Crippen LogP contribution in [0.1, 0.15) is 24.1 Å². The van der Waals surface area contributed by atoms with Crippen molar-refractivity contribution in [1.29, 1.82) is 0 Å². The first kappa shape index (κ1) is 22.4. The highest BCUT2D eigenvalue weighted by Crippen LogP contribution is 2.32. The fourth-order valence-electron chi connectivity index (χ4n) is 3.23. The Morgan fingerprint density at radius 2 is 2.30 bits per heavy atom. The lowest BCUT2D eigenvalue weighted by Crippen LogP contribution is -2.51. The summed E-state index contributed by atoms with van der Waals surface area (Å²) in [7, 11) is 3.48. The highest BCUT2D eigenvalue weighted by atomic mass is 127. The lowest BCUT2D eigenvalue weighted by molar-refractivity contribution is -0.127. The number of thiophene rings is 1. The Morgan fingerprint density at radius 3 is 2.96 bits per heavy atom.